The zero-order valence-corrected chi connectivity index (χ0v) is 20.0. The van der Waals surface area contributed by atoms with E-state index in [-0.39, 0.29) is 18.3 Å². The molecule has 0 aliphatic carbocycles. The van der Waals surface area contributed by atoms with Crippen molar-refractivity contribution in [3.63, 3.8) is 0 Å². The van der Waals surface area contributed by atoms with Gasteiger partial charge >= 0.3 is 0 Å². The summed E-state index contributed by atoms with van der Waals surface area (Å²) >= 11 is 2.42. The van der Waals surface area contributed by atoms with Crippen LogP contribution in [0, 0.1) is 5.92 Å². The number of hydrogen-bond donors (Lipinski definition) is 0. The molecule has 0 amide bonds. The van der Waals surface area contributed by atoms with Gasteiger partial charge in [0.15, 0.2) is 5.79 Å². The van der Waals surface area contributed by atoms with Crippen LogP contribution in [-0.4, -0.2) is 35.6 Å². The molecular formula is C23H35IO4. The van der Waals surface area contributed by atoms with Gasteiger partial charge in [-0.1, -0.05) is 53.8 Å². The first-order valence-corrected chi connectivity index (χ1v) is 11.7. The Hall–Kier alpha value is -0.630. The highest BCUT2D eigenvalue weighted by atomic mass is 127. The average Bonchev–Trinajstić information content (AvgIpc) is 2.99. The van der Waals surface area contributed by atoms with Gasteiger partial charge in [-0.25, -0.2) is 0 Å². The number of hydrogen-bond acceptors (Lipinski definition) is 4. The highest BCUT2D eigenvalue weighted by molar-refractivity contribution is 14.1. The van der Waals surface area contributed by atoms with Gasteiger partial charge in [0, 0.05) is 5.92 Å². The molecule has 1 aromatic carbocycles. The molecule has 0 N–H and O–H groups in total. The molecule has 1 saturated heterocycles. The Morgan fingerprint density at radius 3 is 2.54 bits per heavy atom. The fourth-order valence-corrected chi connectivity index (χ4v) is 3.87. The summed E-state index contributed by atoms with van der Waals surface area (Å²) < 4.78 is 24.6. The minimum atomic E-state index is -0.489. The molecule has 0 bridgehead atoms. The summed E-state index contributed by atoms with van der Waals surface area (Å²) in [7, 11) is 1.68. The highest BCUT2D eigenvalue weighted by Gasteiger charge is 2.42. The second-order valence-corrected chi connectivity index (χ2v) is 9.04. The van der Waals surface area contributed by atoms with Gasteiger partial charge in [-0.15, -0.1) is 0 Å². The average molecular weight is 502 g/mol. The number of ether oxygens (including phenoxy) is 4. The molecule has 0 saturated carbocycles. The molecule has 1 fully saturated rings. The monoisotopic (exact) mass is 502 g/mol. The molecule has 1 heterocycles. The van der Waals surface area contributed by atoms with E-state index in [1.165, 1.54) is 0 Å². The van der Waals surface area contributed by atoms with E-state index in [1.807, 2.05) is 38.1 Å². The van der Waals surface area contributed by atoms with Crippen molar-refractivity contribution in [2.75, 3.05) is 11.5 Å². The van der Waals surface area contributed by atoms with Crippen LogP contribution < -0.4 is 4.74 Å². The zero-order valence-electron chi connectivity index (χ0n) is 17.8. The van der Waals surface area contributed by atoms with Gasteiger partial charge in [0.05, 0.1) is 32.0 Å². The summed E-state index contributed by atoms with van der Waals surface area (Å²) in [6.07, 6.45) is 8.02. The predicted octanol–water partition coefficient (Wildman–Crippen LogP) is 5.92. The first-order valence-electron chi connectivity index (χ1n) is 10.2. The Balaban J connectivity index is 1.78. The molecule has 28 heavy (non-hydrogen) atoms. The number of rotatable bonds is 11. The van der Waals surface area contributed by atoms with Crippen molar-refractivity contribution >= 4 is 22.6 Å². The summed E-state index contributed by atoms with van der Waals surface area (Å²) in [6.45, 7) is 8.96. The molecule has 1 aliphatic rings. The van der Waals surface area contributed by atoms with Gasteiger partial charge < -0.3 is 18.9 Å². The van der Waals surface area contributed by atoms with Crippen molar-refractivity contribution in [2.24, 2.45) is 5.92 Å². The molecular weight excluding hydrogens is 467 g/mol. The molecule has 2 rings (SSSR count). The van der Waals surface area contributed by atoms with Gasteiger partial charge in [-0.2, -0.15) is 0 Å². The molecule has 158 valence electrons. The molecule has 0 spiro atoms. The number of benzene rings is 1. The number of halogens is 1. The van der Waals surface area contributed by atoms with E-state index in [0.717, 1.165) is 35.0 Å². The standard InChI is InChI=1S/C23H35IO4/c1-17(22-21(10-7-15-24)27-23(3,4)28-22)8-6-9-18(2)26-16-19-11-13-20(25-5)14-12-19/h6,8,11-14,17-18,21-22H,7,9-10,15-16H2,1-5H3/b8-6-/t17?,18-,21-,22-/m1/s1. The third-order valence-electron chi connectivity index (χ3n) is 4.96. The smallest absolute Gasteiger partial charge is 0.163 e. The van der Waals surface area contributed by atoms with Crippen LogP contribution in [0.1, 0.15) is 52.5 Å². The Morgan fingerprint density at radius 2 is 1.89 bits per heavy atom. The molecule has 0 aromatic heterocycles. The normalized spacial score (nSPS) is 23.8. The second-order valence-electron chi connectivity index (χ2n) is 7.96. The van der Waals surface area contributed by atoms with Crippen molar-refractivity contribution in [1.29, 1.82) is 0 Å². The van der Waals surface area contributed by atoms with Crippen molar-refractivity contribution in [1.82, 2.24) is 0 Å². The lowest BCUT2D eigenvalue weighted by atomic mass is 9.96. The molecule has 1 aromatic rings. The van der Waals surface area contributed by atoms with Crippen molar-refractivity contribution in [3.05, 3.63) is 42.0 Å². The van der Waals surface area contributed by atoms with Crippen LogP contribution >= 0.6 is 22.6 Å². The van der Waals surface area contributed by atoms with Crippen molar-refractivity contribution in [2.45, 2.75) is 77.7 Å². The van der Waals surface area contributed by atoms with Crippen LogP contribution in [0.5, 0.6) is 5.75 Å². The fraction of sp³-hybridized carbons (Fsp3) is 0.652. The summed E-state index contributed by atoms with van der Waals surface area (Å²) in [5, 5.41) is 0. The lowest BCUT2D eigenvalue weighted by Gasteiger charge is -2.21. The Labute approximate surface area is 184 Å². The lowest BCUT2D eigenvalue weighted by Crippen LogP contribution is -2.28. The second kappa shape index (κ2) is 11.5. The summed E-state index contributed by atoms with van der Waals surface area (Å²) in [5.41, 5.74) is 1.15. The first kappa shape index (κ1) is 23.6. The topological polar surface area (TPSA) is 36.9 Å². The van der Waals surface area contributed by atoms with E-state index in [2.05, 4.69) is 48.6 Å². The third-order valence-corrected chi connectivity index (χ3v) is 5.73. The van der Waals surface area contributed by atoms with Crippen LogP contribution in [0.15, 0.2) is 36.4 Å². The Kier molecular flexibility index (Phi) is 9.74. The van der Waals surface area contributed by atoms with E-state index in [0.29, 0.717) is 12.5 Å². The third kappa shape index (κ3) is 7.65. The molecule has 4 nitrogen and oxygen atoms in total. The van der Waals surface area contributed by atoms with Crippen LogP contribution in [0.25, 0.3) is 0 Å². The van der Waals surface area contributed by atoms with Gasteiger partial charge in [-0.05, 0) is 62.2 Å². The van der Waals surface area contributed by atoms with Crippen LogP contribution in [0.3, 0.4) is 0 Å². The number of alkyl halides is 1. The maximum Gasteiger partial charge on any atom is 0.163 e. The summed E-state index contributed by atoms with van der Waals surface area (Å²) in [5.74, 6) is 0.693. The van der Waals surface area contributed by atoms with Crippen molar-refractivity contribution in [3.8, 4) is 5.75 Å². The zero-order chi connectivity index (χ0) is 20.6. The van der Waals surface area contributed by atoms with E-state index in [4.69, 9.17) is 18.9 Å². The summed E-state index contributed by atoms with van der Waals surface area (Å²) in [6, 6.07) is 8.01. The highest BCUT2D eigenvalue weighted by Crippen LogP contribution is 2.35. The quantitative estimate of drug-likeness (QED) is 0.214. The first-order chi connectivity index (χ1) is 13.3. The van der Waals surface area contributed by atoms with Crippen molar-refractivity contribution < 1.29 is 18.9 Å². The van der Waals surface area contributed by atoms with E-state index >= 15 is 0 Å². The largest absolute Gasteiger partial charge is 0.497 e. The van der Waals surface area contributed by atoms with Gasteiger partial charge in [0.25, 0.3) is 0 Å². The Morgan fingerprint density at radius 1 is 1.18 bits per heavy atom. The summed E-state index contributed by atoms with van der Waals surface area (Å²) in [4.78, 5) is 0. The fourth-order valence-electron chi connectivity index (χ4n) is 3.43. The molecule has 4 atom stereocenters. The Bertz CT molecular complexity index is 599. The number of methoxy groups -OCH3 is 1. The molecule has 0 radical (unpaired) electrons. The van der Waals surface area contributed by atoms with Crippen LogP contribution in [-0.2, 0) is 20.8 Å². The van der Waals surface area contributed by atoms with Gasteiger partial charge in [-0.3, -0.25) is 0 Å². The van der Waals surface area contributed by atoms with E-state index in [9.17, 15) is 0 Å². The lowest BCUT2D eigenvalue weighted by molar-refractivity contribution is -0.149. The molecule has 5 heteroatoms. The van der Waals surface area contributed by atoms with Gasteiger partial charge in [0.1, 0.15) is 5.75 Å². The minimum absolute atomic E-state index is 0.115. The van der Waals surface area contributed by atoms with E-state index in [1.54, 1.807) is 7.11 Å². The van der Waals surface area contributed by atoms with Crippen LogP contribution in [0.4, 0.5) is 0 Å². The van der Waals surface area contributed by atoms with E-state index < -0.39 is 5.79 Å². The minimum Gasteiger partial charge on any atom is -0.497 e. The molecule has 1 aliphatic heterocycles. The van der Waals surface area contributed by atoms with Crippen LogP contribution in [0.2, 0.25) is 0 Å². The van der Waals surface area contributed by atoms with Gasteiger partial charge in [0.2, 0.25) is 0 Å². The maximum absolute atomic E-state index is 6.18. The SMILES string of the molecule is COc1ccc(CO[C@H](C)C/C=C\C(C)[C@H]2OC(C)(C)O[C@@H]2CCCI)cc1. The molecule has 1 unspecified atom stereocenters. The predicted molar refractivity (Wildman–Crippen MR) is 122 cm³/mol. The maximum atomic E-state index is 6.18.